The van der Waals surface area contributed by atoms with Crippen LogP contribution in [0.4, 0.5) is 5.69 Å². The molecule has 2 amide bonds. The van der Waals surface area contributed by atoms with Crippen molar-refractivity contribution in [2.24, 2.45) is 11.3 Å². The second-order valence-electron chi connectivity index (χ2n) is 8.11. The standard InChI is InChI=1S/C21H32N2O2/c1-5-6-7-16-8-10-18(11-9-16)22-19(24)17-12-14-23(15-13-17)20(25)21(2,3)4/h8-11,17H,5-7,12-15H2,1-4H3,(H,22,24). The predicted octanol–water partition coefficient (Wildman–Crippen LogP) is 4.25. The van der Waals surface area contributed by atoms with Crippen LogP contribution in [0.2, 0.25) is 0 Å². The third-order valence-corrected chi connectivity index (χ3v) is 4.84. The van der Waals surface area contributed by atoms with E-state index in [-0.39, 0.29) is 23.1 Å². The zero-order valence-corrected chi connectivity index (χ0v) is 16.1. The van der Waals surface area contributed by atoms with Gasteiger partial charge in [0.15, 0.2) is 0 Å². The number of amides is 2. The molecule has 1 aromatic carbocycles. The average Bonchev–Trinajstić information content (AvgIpc) is 2.60. The molecule has 1 aromatic rings. The molecule has 0 radical (unpaired) electrons. The lowest BCUT2D eigenvalue weighted by atomic mass is 9.90. The van der Waals surface area contributed by atoms with Crippen molar-refractivity contribution in [3.8, 4) is 0 Å². The van der Waals surface area contributed by atoms with Gasteiger partial charge in [0.1, 0.15) is 0 Å². The highest BCUT2D eigenvalue weighted by Crippen LogP contribution is 2.24. The van der Waals surface area contributed by atoms with Gasteiger partial charge in [0.2, 0.25) is 11.8 Å². The Bertz CT molecular complexity index is 579. The van der Waals surface area contributed by atoms with Crippen LogP contribution in [-0.4, -0.2) is 29.8 Å². The van der Waals surface area contributed by atoms with Gasteiger partial charge in [-0.1, -0.05) is 46.2 Å². The summed E-state index contributed by atoms with van der Waals surface area (Å²) in [5.74, 6) is 0.238. The summed E-state index contributed by atoms with van der Waals surface area (Å²) >= 11 is 0. The fourth-order valence-electron chi connectivity index (χ4n) is 3.20. The van der Waals surface area contributed by atoms with Crippen LogP contribution in [-0.2, 0) is 16.0 Å². The Morgan fingerprint density at radius 2 is 1.72 bits per heavy atom. The number of rotatable bonds is 5. The van der Waals surface area contributed by atoms with Gasteiger partial charge in [0, 0.05) is 30.1 Å². The van der Waals surface area contributed by atoms with Crippen molar-refractivity contribution in [3.05, 3.63) is 29.8 Å². The second-order valence-corrected chi connectivity index (χ2v) is 8.11. The Labute approximate surface area is 152 Å². The van der Waals surface area contributed by atoms with Gasteiger partial charge < -0.3 is 10.2 Å². The number of anilines is 1. The van der Waals surface area contributed by atoms with Crippen LogP contribution in [0.25, 0.3) is 0 Å². The minimum absolute atomic E-state index is 0.0104. The van der Waals surface area contributed by atoms with E-state index in [2.05, 4.69) is 24.4 Å². The molecule has 1 aliphatic rings. The minimum Gasteiger partial charge on any atom is -0.342 e. The number of nitrogens with zero attached hydrogens (tertiary/aromatic N) is 1. The number of piperidine rings is 1. The number of hydrogen-bond acceptors (Lipinski definition) is 2. The van der Waals surface area contributed by atoms with Crippen LogP contribution in [0.3, 0.4) is 0 Å². The first-order valence-electron chi connectivity index (χ1n) is 9.50. The Morgan fingerprint density at radius 3 is 2.24 bits per heavy atom. The highest BCUT2D eigenvalue weighted by atomic mass is 16.2. The fraction of sp³-hybridized carbons (Fsp3) is 0.619. The quantitative estimate of drug-likeness (QED) is 0.868. The fourth-order valence-corrected chi connectivity index (χ4v) is 3.20. The van der Waals surface area contributed by atoms with Gasteiger partial charge in [-0.25, -0.2) is 0 Å². The van der Waals surface area contributed by atoms with E-state index < -0.39 is 0 Å². The van der Waals surface area contributed by atoms with E-state index in [4.69, 9.17) is 0 Å². The molecule has 0 saturated carbocycles. The van der Waals surface area contributed by atoms with E-state index in [1.54, 1.807) is 0 Å². The predicted molar refractivity (Wildman–Crippen MR) is 102 cm³/mol. The maximum absolute atomic E-state index is 12.5. The van der Waals surface area contributed by atoms with E-state index in [9.17, 15) is 9.59 Å². The highest BCUT2D eigenvalue weighted by molar-refractivity contribution is 5.92. The van der Waals surface area contributed by atoms with Gasteiger partial charge in [0.25, 0.3) is 0 Å². The lowest BCUT2D eigenvalue weighted by Gasteiger charge is -2.35. The van der Waals surface area contributed by atoms with E-state index >= 15 is 0 Å². The molecule has 1 fully saturated rings. The van der Waals surface area contributed by atoms with Gasteiger partial charge >= 0.3 is 0 Å². The third kappa shape index (κ3) is 5.58. The number of hydrogen-bond donors (Lipinski definition) is 1. The molecule has 1 N–H and O–H groups in total. The monoisotopic (exact) mass is 344 g/mol. The third-order valence-electron chi connectivity index (χ3n) is 4.84. The molecule has 1 aliphatic heterocycles. The SMILES string of the molecule is CCCCc1ccc(NC(=O)C2CCN(C(=O)C(C)(C)C)CC2)cc1. The zero-order chi connectivity index (χ0) is 18.4. The largest absolute Gasteiger partial charge is 0.342 e. The Hall–Kier alpha value is -1.84. The van der Waals surface area contributed by atoms with Gasteiger partial charge in [-0.3, -0.25) is 9.59 Å². The summed E-state index contributed by atoms with van der Waals surface area (Å²) in [6.45, 7) is 9.36. The topological polar surface area (TPSA) is 49.4 Å². The summed E-state index contributed by atoms with van der Waals surface area (Å²) in [5, 5.41) is 3.03. The first-order valence-corrected chi connectivity index (χ1v) is 9.50. The Kier molecular flexibility index (Phi) is 6.63. The van der Waals surface area contributed by atoms with E-state index in [0.717, 1.165) is 24.9 Å². The maximum atomic E-state index is 12.5. The Morgan fingerprint density at radius 1 is 1.12 bits per heavy atom. The molecule has 1 heterocycles. The van der Waals surface area contributed by atoms with Crippen LogP contribution in [0.1, 0.15) is 58.9 Å². The summed E-state index contributed by atoms with van der Waals surface area (Å²) in [6.07, 6.45) is 4.95. The minimum atomic E-state index is -0.353. The summed E-state index contributed by atoms with van der Waals surface area (Å²) in [5.41, 5.74) is 1.82. The molecule has 25 heavy (non-hydrogen) atoms. The van der Waals surface area contributed by atoms with E-state index in [1.165, 1.54) is 18.4 Å². The van der Waals surface area contributed by atoms with Crippen molar-refractivity contribution < 1.29 is 9.59 Å². The van der Waals surface area contributed by atoms with Crippen LogP contribution in [0.15, 0.2) is 24.3 Å². The second kappa shape index (κ2) is 8.50. The number of unbranched alkanes of at least 4 members (excludes halogenated alkanes) is 1. The van der Waals surface area contributed by atoms with Gasteiger partial charge in [-0.2, -0.15) is 0 Å². The summed E-state index contributed by atoms with van der Waals surface area (Å²) in [6, 6.07) is 8.16. The number of likely N-dealkylation sites (tertiary alicyclic amines) is 1. The molecule has 2 rings (SSSR count). The van der Waals surface area contributed by atoms with Crippen LogP contribution < -0.4 is 5.32 Å². The average molecular weight is 344 g/mol. The van der Waals surface area contributed by atoms with Crippen molar-refractivity contribution in [1.82, 2.24) is 4.90 Å². The van der Waals surface area contributed by atoms with Crippen molar-refractivity contribution in [3.63, 3.8) is 0 Å². The molecular weight excluding hydrogens is 312 g/mol. The number of benzene rings is 1. The number of carbonyl (C=O) groups is 2. The van der Waals surface area contributed by atoms with Crippen LogP contribution in [0.5, 0.6) is 0 Å². The van der Waals surface area contributed by atoms with Crippen LogP contribution in [0, 0.1) is 11.3 Å². The Balaban J connectivity index is 1.83. The molecule has 0 spiro atoms. The maximum Gasteiger partial charge on any atom is 0.227 e. The van der Waals surface area contributed by atoms with Gasteiger partial charge in [0.05, 0.1) is 0 Å². The molecule has 1 saturated heterocycles. The lowest BCUT2D eigenvalue weighted by Crippen LogP contribution is -2.45. The first kappa shape index (κ1) is 19.5. The first-order chi connectivity index (χ1) is 11.8. The molecule has 0 unspecified atom stereocenters. The van der Waals surface area contributed by atoms with Crippen molar-refractivity contribution >= 4 is 17.5 Å². The molecule has 4 nitrogen and oxygen atoms in total. The molecule has 138 valence electrons. The molecule has 4 heteroatoms. The van der Waals surface area contributed by atoms with Gasteiger partial charge in [-0.05, 0) is 43.4 Å². The smallest absolute Gasteiger partial charge is 0.227 e. The van der Waals surface area contributed by atoms with E-state index in [1.807, 2.05) is 37.8 Å². The van der Waals surface area contributed by atoms with Crippen molar-refractivity contribution in [2.45, 2.75) is 59.8 Å². The van der Waals surface area contributed by atoms with Crippen molar-refractivity contribution in [2.75, 3.05) is 18.4 Å². The lowest BCUT2D eigenvalue weighted by molar-refractivity contribution is -0.142. The highest BCUT2D eigenvalue weighted by Gasteiger charge is 2.32. The molecule has 0 aliphatic carbocycles. The zero-order valence-electron chi connectivity index (χ0n) is 16.1. The van der Waals surface area contributed by atoms with Crippen LogP contribution >= 0.6 is 0 Å². The number of aryl methyl sites for hydroxylation is 1. The summed E-state index contributed by atoms with van der Waals surface area (Å²) in [7, 11) is 0. The summed E-state index contributed by atoms with van der Waals surface area (Å²) < 4.78 is 0. The van der Waals surface area contributed by atoms with Gasteiger partial charge in [-0.15, -0.1) is 0 Å². The van der Waals surface area contributed by atoms with Crippen molar-refractivity contribution in [1.29, 1.82) is 0 Å². The molecule has 0 atom stereocenters. The van der Waals surface area contributed by atoms with E-state index in [0.29, 0.717) is 13.1 Å². The number of carbonyl (C=O) groups excluding carboxylic acids is 2. The number of nitrogens with one attached hydrogen (secondary N) is 1. The summed E-state index contributed by atoms with van der Waals surface area (Å²) in [4.78, 5) is 26.7. The molecule has 0 bridgehead atoms. The molecule has 0 aromatic heterocycles. The molecular formula is C21H32N2O2. The normalized spacial score (nSPS) is 15.9.